The van der Waals surface area contributed by atoms with Crippen molar-refractivity contribution in [1.82, 2.24) is 9.78 Å². The van der Waals surface area contributed by atoms with Crippen LogP contribution in [0.1, 0.15) is 40.2 Å². The molecule has 0 radical (unpaired) electrons. The second-order valence-electron chi connectivity index (χ2n) is 3.32. The van der Waals surface area contributed by atoms with Gasteiger partial charge >= 0.3 is 5.97 Å². The molecular formula is C9H10N2O3. The van der Waals surface area contributed by atoms with Gasteiger partial charge in [-0.3, -0.25) is 9.48 Å². The molecule has 0 spiro atoms. The van der Waals surface area contributed by atoms with Gasteiger partial charge in [-0.15, -0.1) is 0 Å². The maximum absolute atomic E-state index is 11.5. The normalized spacial score (nSPS) is 16.1. The summed E-state index contributed by atoms with van der Waals surface area (Å²) in [4.78, 5) is 22.1. The second-order valence-corrected chi connectivity index (χ2v) is 3.32. The lowest BCUT2D eigenvalue weighted by molar-refractivity contribution is 0.0689. The van der Waals surface area contributed by atoms with Gasteiger partial charge in [0.15, 0.2) is 11.5 Å². The highest BCUT2D eigenvalue weighted by molar-refractivity contribution is 5.97. The quantitative estimate of drug-likeness (QED) is 0.722. The minimum absolute atomic E-state index is 0.0116. The molecule has 5 nitrogen and oxygen atoms in total. The van der Waals surface area contributed by atoms with Crippen molar-refractivity contribution in [3.63, 3.8) is 0 Å². The van der Waals surface area contributed by atoms with Crippen LogP contribution in [0.4, 0.5) is 0 Å². The van der Waals surface area contributed by atoms with Crippen molar-refractivity contribution in [2.45, 2.75) is 25.8 Å². The molecule has 74 valence electrons. The fraction of sp³-hybridized carbons (Fsp3) is 0.444. The molecule has 1 aliphatic heterocycles. The van der Waals surface area contributed by atoms with Crippen molar-refractivity contribution < 1.29 is 14.7 Å². The summed E-state index contributed by atoms with van der Waals surface area (Å²) in [6, 6.07) is 1.36. The Morgan fingerprint density at radius 3 is 3.00 bits per heavy atom. The third-order valence-corrected chi connectivity index (χ3v) is 2.31. The zero-order chi connectivity index (χ0) is 10.1. The Morgan fingerprint density at radius 1 is 1.50 bits per heavy atom. The molecule has 0 atom stereocenters. The Bertz CT molecular complexity index is 395. The Labute approximate surface area is 80.3 Å². The number of aromatic nitrogens is 2. The summed E-state index contributed by atoms with van der Waals surface area (Å²) in [5.41, 5.74) is 0.384. The van der Waals surface area contributed by atoms with Gasteiger partial charge < -0.3 is 5.11 Å². The highest BCUT2D eigenvalue weighted by Gasteiger charge is 2.20. The molecule has 1 aromatic heterocycles. The lowest BCUT2D eigenvalue weighted by atomic mass is 10.1. The number of carboxylic acids is 1. The summed E-state index contributed by atoms with van der Waals surface area (Å²) in [5.74, 6) is -1.10. The fourth-order valence-electron chi connectivity index (χ4n) is 1.59. The molecule has 2 rings (SSSR count). The lowest BCUT2D eigenvalue weighted by Gasteiger charge is -1.98. The van der Waals surface area contributed by atoms with E-state index in [4.69, 9.17) is 5.11 Å². The van der Waals surface area contributed by atoms with Crippen molar-refractivity contribution in [2.75, 3.05) is 0 Å². The van der Waals surface area contributed by atoms with Crippen molar-refractivity contribution >= 4 is 11.8 Å². The first-order valence-corrected chi connectivity index (χ1v) is 4.53. The van der Waals surface area contributed by atoms with E-state index in [1.165, 1.54) is 10.7 Å². The molecular weight excluding hydrogens is 184 g/mol. The number of hydrogen-bond donors (Lipinski definition) is 1. The van der Waals surface area contributed by atoms with Crippen molar-refractivity contribution in [3.05, 3.63) is 17.5 Å². The van der Waals surface area contributed by atoms with Crippen LogP contribution in [0.3, 0.4) is 0 Å². The van der Waals surface area contributed by atoms with Crippen molar-refractivity contribution in [1.29, 1.82) is 0 Å². The molecule has 0 saturated heterocycles. The van der Waals surface area contributed by atoms with Gasteiger partial charge in [-0.05, 0) is 12.8 Å². The van der Waals surface area contributed by atoms with Crippen molar-refractivity contribution in [3.8, 4) is 0 Å². The van der Waals surface area contributed by atoms with E-state index in [1.807, 2.05) is 0 Å². The van der Waals surface area contributed by atoms with Gasteiger partial charge in [0.1, 0.15) is 5.69 Å². The summed E-state index contributed by atoms with van der Waals surface area (Å²) in [6.45, 7) is 0.633. The lowest BCUT2D eigenvalue weighted by Crippen LogP contribution is -2.06. The zero-order valence-electron chi connectivity index (χ0n) is 7.56. The van der Waals surface area contributed by atoms with E-state index < -0.39 is 5.97 Å². The molecule has 0 aliphatic carbocycles. The number of aromatic carboxylic acids is 1. The molecule has 0 unspecified atom stereocenters. The number of carboxylic acid groups (broad SMARTS) is 1. The molecule has 0 saturated carbocycles. The molecule has 1 N–H and O–H groups in total. The first-order valence-electron chi connectivity index (χ1n) is 4.53. The predicted octanol–water partition coefficient (Wildman–Crippen LogP) is 0.948. The molecule has 0 fully saturated rings. The van der Waals surface area contributed by atoms with Gasteiger partial charge in [0.2, 0.25) is 0 Å². The summed E-state index contributed by atoms with van der Waals surface area (Å²) in [6.07, 6.45) is 2.22. The largest absolute Gasteiger partial charge is 0.476 e. The highest BCUT2D eigenvalue weighted by atomic mass is 16.4. The molecule has 14 heavy (non-hydrogen) atoms. The van der Waals surface area contributed by atoms with Crippen LogP contribution in [0.2, 0.25) is 0 Å². The zero-order valence-corrected chi connectivity index (χ0v) is 7.56. The fourth-order valence-corrected chi connectivity index (χ4v) is 1.59. The van der Waals surface area contributed by atoms with Crippen LogP contribution in [-0.4, -0.2) is 26.6 Å². The van der Waals surface area contributed by atoms with Crippen LogP contribution in [0.25, 0.3) is 0 Å². The smallest absolute Gasteiger partial charge is 0.356 e. The molecule has 1 aliphatic rings. The average molecular weight is 194 g/mol. The monoisotopic (exact) mass is 194 g/mol. The topological polar surface area (TPSA) is 72.2 Å². The van der Waals surface area contributed by atoms with Gasteiger partial charge in [0, 0.05) is 19.0 Å². The predicted molar refractivity (Wildman–Crippen MR) is 47.4 cm³/mol. The molecule has 0 bridgehead atoms. The van der Waals surface area contributed by atoms with E-state index in [-0.39, 0.29) is 11.5 Å². The number of rotatable bonds is 1. The van der Waals surface area contributed by atoms with Gasteiger partial charge in [-0.2, -0.15) is 5.10 Å². The van der Waals surface area contributed by atoms with Crippen LogP contribution in [-0.2, 0) is 6.54 Å². The van der Waals surface area contributed by atoms with Crippen LogP contribution >= 0.6 is 0 Å². The molecule has 0 amide bonds. The van der Waals surface area contributed by atoms with Crippen LogP contribution < -0.4 is 0 Å². The van der Waals surface area contributed by atoms with E-state index in [2.05, 4.69) is 5.10 Å². The Hall–Kier alpha value is -1.65. The molecule has 1 aromatic rings. The Balaban J connectivity index is 2.44. The van der Waals surface area contributed by atoms with E-state index in [9.17, 15) is 9.59 Å². The van der Waals surface area contributed by atoms with E-state index >= 15 is 0 Å². The number of Topliss-reactive ketones (excluding diaryl/α,β-unsaturated/α-hetero) is 1. The van der Waals surface area contributed by atoms with Crippen LogP contribution in [0.5, 0.6) is 0 Å². The third-order valence-electron chi connectivity index (χ3n) is 2.31. The van der Waals surface area contributed by atoms with Crippen LogP contribution in [0.15, 0.2) is 6.07 Å². The number of nitrogens with zero attached hydrogens (tertiary/aromatic N) is 2. The van der Waals surface area contributed by atoms with Gasteiger partial charge in [0.25, 0.3) is 0 Å². The number of ketones is 1. The van der Waals surface area contributed by atoms with Gasteiger partial charge in [-0.25, -0.2) is 4.79 Å². The summed E-state index contributed by atoms with van der Waals surface area (Å²) >= 11 is 0. The number of carbonyl (C=O) groups excluding carboxylic acids is 1. The molecule has 5 heteroatoms. The SMILES string of the molecule is O=C(O)c1cc2n(n1)CCCCC2=O. The minimum Gasteiger partial charge on any atom is -0.476 e. The molecule has 0 aromatic carbocycles. The minimum atomic E-state index is -1.08. The maximum Gasteiger partial charge on any atom is 0.356 e. The van der Waals surface area contributed by atoms with Gasteiger partial charge in [-0.1, -0.05) is 0 Å². The number of fused-ring (bicyclic) bond motifs is 1. The summed E-state index contributed by atoms with van der Waals surface area (Å²) < 4.78 is 1.50. The third kappa shape index (κ3) is 1.41. The summed E-state index contributed by atoms with van der Waals surface area (Å²) in [5, 5.41) is 12.6. The first-order chi connectivity index (χ1) is 6.68. The number of aryl methyl sites for hydroxylation is 1. The Morgan fingerprint density at radius 2 is 2.29 bits per heavy atom. The van der Waals surface area contributed by atoms with Gasteiger partial charge in [0.05, 0.1) is 0 Å². The van der Waals surface area contributed by atoms with Crippen molar-refractivity contribution in [2.24, 2.45) is 0 Å². The summed E-state index contributed by atoms with van der Waals surface area (Å²) in [7, 11) is 0. The number of hydrogen-bond acceptors (Lipinski definition) is 3. The highest BCUT2D eigenvalue weighted by Crippen LogP contribution is 2.15. The van der Waals surface area contributed by atoms with Crippen LogP contribution in [0, 0.1) is 0 Å². The van der Waals surface area contributed by atoms with E-state index in [1.54, 1.807) is 0 Å². The Kier molecular flexibility index (Phi) is 2.07. The second kappa shape index (κ2) is 3.25. The van der Waals surface area contributed by atoms with E-state index in [0.29, 0.717) is 18.7 Å². The average Bonchev–Trinajstić information content (AvgIpc) is 2.49. The van der Waals surface area contributed by atoms with E-state index in [0.717, 1.165) is 12.8 Å². The first kappa shape index (κ1) is 8.93. The maximum atomic E-state index is 11.5. The number of carbonyl (C=O) groups is 2. The molecule has 2 heterocycles. The standard InChI is InChI=1S/C9H10N2O3/c12-8-3-1-2-4-11-7(8)5-6(10-11)9(13)14/h5H,1-4H2,(H,13,14).